The molecule has 0 aliphatic rings. The van der Waals surface area contributed by atoms with E-state index in [0.29, 0.717) is 5.92 Å². The lowest BCUT2D eigenvalue weighted by atomic mass is 10.0. The summed E-state index contributed by atoms with van der Waals surface area (Å²) in [5.41, 5.74) is 1.21. The van der Waals surface area contributed by atoms with E-state index in [0.717, 1.165) is 18.0 Å². The molecule has 0 amide bonds. The number of hydrogen-bond donors (Lipinski definition) is 2. The minimum Gasteiger partial charge on any atom is -0.395 e. The fraction of sp³-hybridized carbons (Fsp3) is 0.438. The summed E-state index contributed by atoms with van der Waals surface area (Å²) in [7, 11) is 0. The molecule has 20 heavy (non-hydrogen) atoms. The predicted molar refractivity (Wildman–Crippen MR) is 84.7 cm³/mol. The van der Waals surface area contributed by atoms with Crippen molar-refractivity contribution in [3.63, 3.8) is 0 Å². The largest absolute Gasteiger partial charge is 0.395 e. The Morgan fingerprint density at radius 1 is 1.25 bits per heavy atom. The van der Waals surface area contributed by atoms with Gasteiger partial charge in [-0.25, -0.2) is 4.98 Å². The van der Waals surface area contributed by atoms with Crippen LogP contribution in [0.4, 0.5) is 0 Å². The number of thiazole rings is 1. The van der Waals surface area contributed by atoms with Crippen molar-refractivity contribution in [1.29, 1.82) is 0 Å². The van der Waals surface area contributed by atoms with E-state index in [1.807, 2.05) is 24.4 Å². The van der Waals surface area contributed by atoms with Gasteiger partial charge in [0.2, 0.25) is 0 Å². The molecule has 4 heteroatoms. The van der Waals surface area contributed by atoms with Crippen LogP contribution in [0.5, 0.6) is 0 Å². The molecule has 0 aliphatic heterocycles. The molecule has 2 aromatic rings. The molecule has 0 fully saturated rings. The monoisotopic (exact) mass is 290 g/mol. The molecule has 0 saturated heterocycles. The first-order chi connectivity index (χ1) is 9.69. The zero-order valence-electron chi connectivity index (χ0n) is 12.0. The molecule has 1 aromatic carbocycles. The van der Waals surface area contributed by atoms with Crippen molar-refractivity contribution >= 4 is 11.3 Å². The lowest BCUT2D eigenvalue weighted by Crippen LogP contribution is -2.33. The second-order valence-corrected chi connectivity index (χ2v) is 6.49. The van der Waals surface area contributed by atoms with Crippen molar-refractivity contribution in [1.82, 2.24) is 10.3 Å². The molecule has 2 N–H and O–H groups in total. The van der Waals surface area contributed by atoms with Gasteiger partial charge in [0.1, 0.15) is 5.01 Å². The smallest absolute Gasteiger partial charge is 0.107 e. The van der Waals surface area contributed by atoms with E-state index in [-0.39, 0.29) is 12.6 Å². The Balaban J connectivity index is 1.93. The molecular weight excluding hydrogens is 268 g/mol. The molecule has 2 rings (SSSR count). The minimum atomic E-state index is 0.152. The second kappa shape index (κ2) is 7.53. The van der Waals surface area contributed by atoms with Gasteiger partial charge in [0, 0.05) is 18.8 Å². The summed E-state index contributed by atoms with van der Waals surface area (Å²) in [6.07, 6.45) is 2.90. The standard InChI is InChI=1S/C16H22N2OS/c1-12(2)8-14(11-19)17-10-16-18-9-15(20-16)13-6-4-3-5-7-13/h3-7,9,12,14,17,19H,8,10-11H2,1-2H3. The van der Waals surface area contributed by atoms with Crippen LogP contribution in [0, 0.1) is 5.92 Å². The molecule has 0 bridgehead atoms. The van der Waals surface area contributed by atoms with Crippen molar-refractivity contribution in [3.05, 3.63) is 41.5 Å². The third kappa shape index (κ3) is 4.40. The highest BCUT2D eigenvalue weighted by molar-refractivity contribution is 7.15. The molecule has 1 aromatic heterocycles. The van der Waals surface area contributed by atoms with Crippen LogP contribution in [-0.4, -0.2) is 22.7 Å². The summed E-state index contributed by atoms with van der Waals surface area (Å²) in [5.74, 6) is 0.579. The van der Waals surface area contributed by atoms with E-state index in [9.17, 15) is 5.11 Å². The quantitative estimate of drug-likeness (QED) is 0.822. The van der Waals surface area contributed by atoms with Crippen LogP contribution in [0.15, 0.2) is 36.5 Å². The maximum Gasteiger partial charge on any atom is 0.107 e. The SMILES string of the molecule is CC(C)CC(CO)NCc1ncc(-c2ccccc2)s1. The summed E-state index contributed by atoms with van der Waals surface area (Å²) in [6, 6.07) is 10.4. The zero-order valence-corrected chi connectivity index (χ0v) is 12.9. The number of aliphatic hydroxyl groups is 1. The third-order valence-corrected chi connectivity index (χ3v) is 4.18. The van der Waals surface area contributed by atoms with E-state index in [4.69, 9.17) is 0 Å². The Hall–Kier alpha value is -1.23. The highest BCUT2D eigenvalue weighted by Crippen LogP contribution is 2.25. The second-order valence-electron chi connectivity index (χ2n) is 5.37. The molecule has 0 spiro atoms. The molecular formula is C16H22N2OS. The number of hydrogen-bond acceptors (Lipinski definition) is 4. The minimum absolute atomic E-state index is 0.152. The fourth-order valence-electron chi connectivity index (χ4n) is 2.15. The van der Waals surface area contributed by atoms with Crippen LogP contribution in [0.1, 0.15) is 25.3 Å². The first-order valence-electron chi connectivity index (χ1n) is 7.03. The van der Waals surface area contributed by atoms with Gasteiger partial charge in [-0.05, 0) is 17.9 Å². The number of nitrogens with one attached hydrogen (secondary N) is 1. The Kier molecular flexibility index (Phi) is 5.71. The molecule has 0 aliphatic carbocycles. The van der Waals surface area contributed by atoms with Crippen LogP contribution in [-0.2, 0) is 6.54 Å². The van der Waals surface area contributed by atoms with Gasteiger partial charge in [0.15, 0.2) is 0 Å². The average Bonchev–Trinajstić information content (AvgIpc) is 2.93. The lowest BCUT2D eigenvalue weighted by Gasteiger charge is -2.17. The normalized spacial score (nSPS) is 12.8. The van der Waals surface area contributed by atoms with Gasteiger partial charge in [-0.3, -0.25) is 0 Å². The van der Waals surface area contributed by atoms with Crippen LogP contribution in [0.2, 0.25) is 0 Å². The lowest BCUT2D eigenvalue weighted by molar-refractivity contribution is 0.223. The Labute approximate surface area is 124 Å². The Morgan fingerprint density at radius 2 is 2.00 bits per heavy atom. The van der Waals surface area contributed by atoms with E-state index in [1.165, 1.54) is 10.4 Å². The van der Waals surface area contributed by atoms with Gasteiger partial charge >= 0.3 is 0 Å². The zero-order chi connectivity index (χ0) is 14.4. The first kappa shape index (κ1) is 15.2. The van der Waals surface area contributed by atoms with Gasteiger partial charge in [-0.1, -0.05) is 44.2 Å². The average molecular weight is 290 g/mol. The van der Waals surface area contributed by atoms with Gasteiger partial charge < -0.3 is 10.4 Å². The third-order valence-electron chi connectivity index (χ3n) is 3.13. The summed E-state index contributed by atoms with van der Waals surface area (Å²) < 4.78 is 0. The van der Waals surface area contributed by atoms with Crippen molar-refractivity contribution in [3.8, 4) is 10.4 Å². The van der Waals surface area contributed by atoms with Gasteiger partial charge in [0.25, 0.3) is 0 Å². The Morgan fingerprint density at radius 3 is 2.65 bits per heavy atom. The fourth-order valence-corrected chi connectivity index (χ4v) is 3.03. The van der Waals surface area contributed by atoms with Crippen molar-refractivity contribution in [2.75, 3.05) is 6.61 Å². The number of aromatic nitrogens is 1. The van der Waals surface area contributed by atoms with Crippen molar-refractivity contribution < 1.29 is 5.11 Å². The van der Waals surface area contributed by atoms with E-state index in [2.05, 4.69) is 36.3 Å². The molecule has 0 saturated carbocycles. The van der Waals surface area contributed by atoms with Crippen LogP contribution < -0.4 is 5.32 Å². The molecule has 1 unspecified atom stereocenters. The Bertz CT molecular complexity index is 510. The topological polar surface area (TPSA) is 45.1 Å². The number of nitrogens with zero attached hydrogens (tertiary/aromatic N) is 1. The van der Waals surface area contributed by atoms with Gasteiger partial charge in [0.05, 0.1) is 11.5 Å². The maximum absolute atomic E-state index is 9.36. The van der Waals surface area contributed by atoms with Crippen molar-refractivity contribution in [2.24, 2.45) is 5.92 Å². The maximum atomic E-state index is 9.36. The number of aliphatic hydroxyl groups excluding tert-OH is 1. The molecule has 1 atom stereocenters. The van der Waals surface area contributed by atoms with E-state index < -0.39 is 0 Å². The molecule has 0 radical (unpaired) electrons. The summed E-state index contributed by atoms with van der Waals surface area (Å²) in [4.78, 5) is 5.64. The highest BCUT2D eigenvalue weighted by atomic mass is 32.1. The molecule has 1 heterocycles. The van der Waals surface area contributed by atoms with E-state index in [1.54, 1.807) is 11.3 Å². The van der Waals surface area contributed by atoms with Gasteiger partial charge in [-0.15, -0.1) is 11.3 Å². The van der Waals surface area contributed by atoms with Gasteiger partial charge in [-0.2, -0.15) is 0 Å². The highest BCUT2D eigenvalue weighted by Gasteiger charge is 2.10. The summed E-state index contributed by atoms with van der Waals surface area (Å²) >= 11 is 1.70. The number of benzene rings is 1. The number of rotatable bonds is 7. The molecule has 3 nitrogen and oxygen atoms in total. The summed E-state index contributed by atoms with van der Waals surface area (Å²) in [6.45, 7) is 5.23. The van der Waals surface area contributed by atoms with Crippen molar-refractivity contribution in [2.45, 2.75) is 32.9 Å². The summed E-state index contributed by atoms with van der Waals surface area (Å²) in [5, 5.41) is 13.8. The van der Waals surface area contributed by atoms with E-state index >= 15 is 0 Å². The van der Waals surface area contributed by atoms with Crippen LogP contribution in [0.25, 0.3) is 10.4 Å². The van der Waals surface area contributed by atoms with Crippen LogP contribution in [0.3, 0.4) is 0 Å². The van der Waals surface area contributed by atoms with Crippen LogP contribution >= 0.6 is 11.3 Å². The molecule has 108 valence electrons. The first-order valence-corrected chi connectivity index (χ1v) is 7.85. The predicted octanol–water partition coefficient (Wildman–Crippen LogP) is 3.31.